The zero-order chi connectivity index (χ0) is 14.9. The Bertz CT molecular complexity index is 738. The number of rotatable bonds is 3. The smallest absolute Gasteiger partial charge is 0.265 e. The SMILES string of the molecule is Cc1ccc(NS(=O)(=O)c2c(N)ccc(C)c2C)nc1. The first-order chi connectivity index (χ1) is 9.31. The lowest BCUT2D eigenvalue weighted by molar-refractivity contribution is 0.600. The molecule has 0 saturated carbocycles. The van der Waals surface area contributed by atoms with Crippen molar-refractivity contribution >= 4 is 21.5 Å². The number of nitrogens with two attached hydrogens (primary N) is 1. The standard InChI is InChI=1S/C14H17N3O2S/c1-9-4-7-13(16-8-9)17-20(18,19)14-11(3)10(2)5-6-12(14)15/h4-8H,15H2,1-3H3,(H,16,17). The Morgan fingerprint density at radius 2 is 1.80 bits per heavy atom. The monoisotopic (exact) mass is 291 g/mol. The van der Waals surface area contributed by atoms with Crippen LogP contribution in [0.2, 0.25) is 0 Å². The van der Waals surface area contributed by atoms with Gasteiger partial charge in [-0.2, -0.15) is 0 Å². The quantitative estimate of drug-likeness (QED) is 0.850. The molecule has 6 heteroatoms. The molecule has 1 heterocycles. The van der Waals surface area contributed by atoms with Crippen LogP contribution in [0.5, 0.6) is 0 Å². The van der Waals surface area contributed by atoms with Crippen LogP contribution in [0.25, 0.3) is 0 Å². The van der Waals surface area contributed by atoms with E-state index in [-0.39, 0.29) is 16.4 Å². The summed E-state index contributed by atoms with van der Waals surface area (Å²) in [7, 11) is -3.75. The average Bonchev–Trinajstić information content (AvgIpc) is 2.37. The van der Waals surface area contributed by atoms with Gasteiger partial charge in [-0.15, -0.1) is 0 Å². The lowest BCUT2D eigenvalue weighted by Gasteiger charge is -2.13. The lowest BCUT2D eigenvalue weighted by atomic mass is 10.1. The number of nitrogens with zero attached hydrogens (tertiary/aromatic N) is 1. The third-order valence-electron chi connectivity index (χ3n) is 3.13. The van der Waals surface area contributed by atoms with Crippen molar-refractivity contribution in [1.82, 2.24) is 4.98 Å². The predicted molar refractivity (Wildman–Crippen MR) is 80.1 cm³/mol. The van der Waals surface area contributed by atoms with Gasteiger partial charge >= 0.3 is 0 Å². The molecule has 0 aliphatic rings. The fourth-order valence-corrected chi connectivity index (χ4v) is 3.33. The van der Waals surface area contributed by atoms with Crippen molar-refractivity contribution in [3.05, 3.63) is 47.2 Å². The minimum atomic E-state index is -3.75. The number of nitrogens with one attached hydrogen (secondary N) is 1. The van der Waals surface area contributed by atoms with Gasteiger partial charge in [0.15, 0.2) is 0 Å². The number of aromatic nitrogens is 1. The molecular weight excluding hydrogens is 274 g/mol. The molecule has 1 aromatic heterocycles. The molecule has 0 amide bonds. The zero-order valence-electron chi connectivity index (χ0n) is 11.6. The highest BCUT2D eigenvalue weighted by Crippen LogP contribution is 2.26. The summed E-state index contributed by atoms with van der Waals surface area (Å²) in [6, 6.07) is 6.80. The second-order valence-electron chi connectivity index (χ2n) is 4.75. The Morgan fingerprint density at radius 1 is 1.10 bits per heavy atom. The van der Waals surface area contributed by atoms with E-state index in [0.29, 0.717) is 5.56 Å². The fourth-order valence-electron chi connectivity index (χ4n) is 1.88. The molecule has 3 N–H and O–H groups in total. The molecule has 0 radical (unpaired) electrons. The Kier molecular flexibility index (Phi) is 3.67. The summed E-state index contributed by atoms with van der Waals surface area (Å²) in [6.45, 7) is 5.47. The molecule has 20 heavy (non-hydrogen) atoms. The molecule has 0 saturated heterocycles. The highest BCUT2D eigenvalue weighted by atomic mass is 32.2. The van der Waals surface area contributed by atoms with Gasteiger partial charge in [0, 0.05) is 6.20 Å². The molecule has 0 aliphatic carbocycles. The van der Waals surface area contributed by atoms with Gasteiger partial charge < -0.3 is 5.73 Å². The molecule has 0 unspecified atom stereocenters. The van der Waals surface area contributed by atoms with E-state index in [1.165, 1.54) is 0 Å². The minimum Gasteiger partial charge on any atom is -0.398 e. The van der Waals surface area contributed by atoms with Crippen LogP contribution in [0.3, 0.4) is 0 Å². The van der Waals surface area contributed by atoms with E-state index in [1.807, 2.05) is 13.8 Å². The predicted octanol–water partition coefficient (Wildman–Crippen LogP) is 2.39. The van der Waals surface area contributed by atoms with Crippen LogP contribution in [0.4, 0.5) is 11.5 Å². The van der Waals surface area contributed by atoms with E-state index in [0.717, 1.165) is 11.1 Å². The van der Waals surface area contributed by atoms with Crippen LogP contribution in [0, 0.1) is 20.8 Å². The zero-order valence-corrected chi connectivity index (χ0v) is 12.5. The molecule has 2 aromatic rings. The summed E-state index contributed by atoms with van der Waals surface area (Å²) in [5.74, 6) is 0.274. The van der Waals surface area contributed by atoms with Crippen molar-refractivity contribution in [2.45, 2.75) is 25.7 Å². The maximum absolute atomic E-state index is 12.4. The van der Waals surface area contributed by atoms with Crippen LogP contribution >= 0.6 is 0 Å². The maximum atomic E-state index is 12.4. The van der Waals surface area contributed by atoms with Gasteiger partial charge in [-0.05, 0) is 49.6 Å². The molecule has 0 atom stereocenters. The van der Waals surface area contributed by atoms with E-state index in [9.17, 15) is 8.42 Å². The molecule has 106 valence electrons. The highest BCUT2D eigenvalue weighted by Gasteiger charge is 2.21. The summed E-state index contributed by atoms with van der Waals surface area (Å²) < 4.78 is 27.4. The van der Waals surface area contributed by atoms with Gasteiger partial charge in [0.2, 0.25) is 0 Å². The number of pyridine rings is 1. The number of nitrogen functional groups attached to an aromatic ring is 1. The summed E-state index contributed by atoms with van der Waals surface area (Å²) >= 11 is 0. The first-order valence-corrected chi connectivity index (χ1v) is 7.61. The fraction of sp³-hybridized carbons (Fsp3) is 0.214. The number of hydrogen-bond acceptors (Lipinski definition) is 4. The molecule has 0 fully saturated rings. The van der Waals surface area contributed by atoms with Gasteiger partial charge in [0.05, 0.1) is 5.69 Å². The number of benzene rings is 1. The first kappa shape index (κ1) is 14.3. The summed E-state index contributed by atoms with van der Waals surface area (Å²) in [5, 5.41) is 0. The van der Waals surface area contributed by atoms with Crippen molar-refractivity contribution in [3.63, 3.8) is 0 Å². The summed E-state index contributed by atoms with van der Waals surface area (Å²) in [5.41, 5.74) is 8.52. The number of sulfonamides is 1. The molecule has 1 aromatic carbocycles. The Labute approximate surface area is 118 Å². The third-order valence-corrected chi connectivity index (χ3v) is 4.68. The van der Waals surface area contributed by atoms with Crippen LogP contribution in [0.1, 0.15) is 16.7 Å². The Morgan fingerprint density at radius 3 is 2.40 bits per heavy atom. The van der Waals surface area contributed by atoms with E-state index in [4.69, 9.17) is 5.73 Å². The van der Waals surface area contributed by atoms with Gasteiger partial charge in [0.25, 0.3) is 10.0 Å². The molecule has 0 spiro atoms. The van der Waals surface area contributed by atoms with Gasteiger partial charge in [-0.1, -0.05) is 12.1 Å². The van der Waals surface area contributed by atoms with Crippen molar-refractivity contribution in [2.24, 2.45) is 0 Å². The average molecular weight is 291 g/mol. The van der Waals surface area contributed by atoms with Crippen LogP contribution < -0.4 is 10.5 Å². The van der Waals surface area contributed by atoms with Gasteiger partial charge in [-0.25, -0.2) is 13.4 Å². The number of aryl methyl sites for hydroxylation is 2. The van der Waals surface area contributed by atoms with Crippen molar-refractivity contribution in [3.8, 4) is 0 Å². The first-order valence-electron chi connectivity index (χ1n) is 6.12. The van der Waals surface area contributed by atoms with Crippen molar-refractivity contribution in [1.29, 1.82) is 0 Å². The Hall–Kier alpha value is -2.08. The highest BCUT2D eigenvalue weighted by molar-refractivity contribution is 7.93. The summed E-state index contributed by atoms with van der Waals surface area (Å²) in [6.07, 6.45) is 1.60. The van der Waals surface area contributed by atoms with E-state index >= 15 is 0 Å². The van der Waals surface area contributed by atoms with E-state index < -0.39 is 10.0 Å². The molecule has 2 rings (SSSR count). The topological polar surface area (TPSA) is 85.1 Å². The second-order valence-corrected chi connectivity index (χ2v) is 6.37. The molecule has 0 aliphatic heterocycles. The number of hydrogen-bond donors (Lipinski definition) is 2. The molecule has 0 bridgehead atoms. The third kappa shape index (κ3) is 2.75. The maximum Gasteiger partial charge on any atom is 0.265 e. The van der Waals surface area contributed by atoms with Crippen LogP contribution in [0.15, 0.2) is 35.4 Å². The lowest BCUT2D eigenvalue weighted by Crippen LogP contribution is -2.17. The van der Waals surface area contributed by atoms with E-state index in [1.54, 1.807) is 37.4 Å². The summed E-state index contributed by atoms with van der Waals surface area (Å²) in [4.78, 5) is 4.15. The number of anilines is 2. The Balaban J connectivity index is 2.46. The molecular formula is C14H17N3O2S. The van der Waals surface area contributed by atoms with Crippen molar-refractivity contribution in [2.75, 3.05) is 10.5 Å². The van der Waals surface area contributed by atoms with Crippen LogP contribution in [-0.2, 0) is 10.0 Å². The van der Waals surface area contributed by atoms with Gasteiger partial charge in [-0.3, -0.25) is 4.72 Å². The second kappa shape index (κ2) is 5.13. The largest absolute Gasteiger partial charge is 0.398 e. The molecule has 5 nitrogen and oxygen atoms in total. The normalized spacial score (nSPS) is 11.3. The van der Waals surface area contributed by atoms with Gasteiger partial charge in [0.1, 0.15) is 10.7 Å². The van der Waals surface area contributed by atoms with E-state index in [2.05, 4.69) is 9.71 Å². The van der Waals surface area contributed by atoms with Crippen LogP contribution in [-0.4, -0.2) is 13.4 Å². The minimum absolute atomic E-state index is 0.111. The van der Waals surface area contributed by atoms with Crippen molar-refractivity contribution < 1.29 is 8.42 Å².